The topological polar surface area (TPSA) is 101 Å². The molecule has 0 amide bonds. The first-order chi connectivity index (χ1) is 12.1. The summed E-state index contributed by atoms with van der Waals surface area (Å²) in [5.74, 6) is -2.05. The standard InChI is InChI=1S/C18H21NO5S2/c1-4-14(20)15-10-11-16(25-15)26(23,24)19-18(3,17(21)22)12(2)13-8-6-5-7-9-13/h5-12,19H,4H2,1-3H3,(H,21,22). The van der Waals surface area contributed by atoms with Crippen molar-refractivity contribution in [3.8, 4) is 0 Å². The van der Waals surface area contributed by atoms with Gasteiger partial charge in [-0.15, -0.1) is 11.3 Å². The van der Waals surface area contributed by atoms with Crippen molar-refractivity contribution in [2.24, 2.45) is 0 Å². The fourth-order valence-corrected chi connectivity index (χ4v) is 5.26. The first kappa shape index (κ1) is 20.3. The number of carbonyl (C=O) groups is 2. The SMILES string of the molecule is CCC(=O)c1ccc(S(=O)(=O)NC(C)(C(=O)O)C(C)c2ccccc2)s1. The number of aliphatic carboxylic acids is 1. The Morgan fingerprint density at radius 1 is 1.19 bits per heavy atom. The predicted octanol–water partition coefficient (Wildman–Crippen LogP) is 3.27. The van der Waals surface area contributed by atoms with Gasteiger partial charge in [0.2, 0.25) is 0 Å². The molecule has 2 atom stereocenters. The normalized spacial score (nSPS) is 15.2. The van der Waals surface area contributed by atoms with Crippen molar-refractivity contribution in [3.63, 3.8) is 0 Å². The van der Waals surface area contributed by atoms with Crippen molar-refractivity contribution >= 4 is 33.1 Å². The highest BCUT2D eigenvalue weighted by molar-refractivity contribution is 7.91. The fourth-order valence-electron chi connectivity index (χ4n) is 2.51. The van der Waals surface area contributed by atoms with Crippen LogP contribution in [0.25, 0.3) is 0 Å². The van der Waals surface area contributed by atoms with Crippen LogP contribution in [0.3, 0.4) is 0 Å². The lowest BCUT2D eigenvalue weighted by Crippen LogP contribution is -2.55. The molecule has 0 saturated carbocycles. The van der Waals surface area contributed by atoms with Crippen LogP contribution in [0.2, 0.25) is 0 Å². The van der Waals surface area contributed by atoms with Crippen LogP contribution in [-0.2, 0) is 14.8 Å². The number of Topliss-reactive ketones (excluding diaryl/α,β-unsaturated/α-hetero) is 1. The van der Waals surface area contributed by atoms with E-state index in [4.69, 9.17) is 0 Å². The third kappa shape index (κ3) is 4.03. The summed E-state index contributed by atoms with van der Waals surface area (Å²) in [6.45, 7) is 4.69. The van der Waals surface area contributed by atoms with E-state index in [9.17, 15) is 23.1 Å². The number of nitrogens with one attached hydrogen (secondary N) is 1. The summed E-state index contributed by atoms with van der Waals surface area (Å²) < 4.78 is 27.7. The van der Waals surface area contributed by atoms with E-state index in [1.807, 2.05) is 0 Å². The van der Waals surface area contributed by atoms with Crippen LogP contribution >= 0.6 is 11.3 Å². The number of ketones is 1. The van der Waals surface area contributed by atoms with Gasteiger partial charge in [0.25, 0.3) is 10.0 Å². The highest BCUT2D eigenvalue weighted by Gasteiger charge is 2.43. The van der Waals surface area contributed by atoms with Gasteiger partial charge in [-0.25, -0.2) is 8.42 Å². The third-order valence-corrected chi connectivity index (χ3v) is 7.59. The number of hydrogen-bond donors (Lipinski definition) is 2. The Morgan fingerprint density at radius 3 is 2.35 bits per heavy atom. The average molecular weight is 396 g/mol. The number of benzene rings is 1. The molecule has 0 fully saturated rings. The number of carboxylic acid groups (broad SMARTS) is 1. The molecule has 1 aromatic heterocycles. The Morgan fingerprint density at radius 2 is 1.81 bits per heavy atom. The van der Waals surface area contributed by atoms with E-state index >= 15 is 0 Å². The lowest BCUT2D eigenvalue weighted by atomic mass is 9.83. The van der Waals surface area contributed by atoms with Gasteiger partial charge in [0.15, 0.2) is 5.78 Å². The van der Waals surface area contributed by atoms with E-state index in [0.29, 0.717) is 10.4 Å². The lowest BCUT2D eigenvalue weighted by molar-refractivity contribution is -0.144. The second kappa shape index (κ2) is 7.69. The van der Waals surface area contributed by atoms with E-state index in [1.165, 1.54) is 19.1 Å². The average Bonchev–Trinajstić information content (AvgIpc) is 3.11. The molecule has 0 radical (unpaired) electrons. The first-order valence-corrected chi connectivity index (χ1v) is 10.4. The number of thiophene rings is 1. The Hall–Kier alpha value is -2.03. The molecule has 1 heterocycles. The molecule has 0 aliphatic heterocycles. The van der Waals surface area contributed by atoms with Crippen LogP contribution in [0, 0.1) is 0 Å². The highest BCUT2D eigenvalue weighted by atomic mass is 32.2. The van der Waals surface area contributed by atoms with Gasteiger partial charge >= 0.3 is 5.97 Å². The van der Waals surface area contributed by atoms with Crippen molar-refractivity contribution in [1.82, 2.24) is 4.72 Å². The quantitative estimate of drug-likeness (QED) is 0.668. The zero-order valence-corrected chi connectivity index (χ0v) is 16.4. The summed E-state index contributed by atoms with van der Waals surface area (Å²) in [6.07, 6.45) is 0.269. The number of rotatable bonds is 8. The third-order valence-electron chi connectivity index (χ3n) is 4.40. The van der Waals surface area contributed by atoms with Crippen LogP contribution in [-0.4, -0.2) is 30.8 Å². The molecular formula is C18H21NO5S2. The summed E-state index contributed by atoms with van der Waals surface area (Å²) in [6, 6.07) is 11.6. The molecule has 2 rings (SSSR count). The summed E-state index contributed by atoms with van der Waals surface area (Å²) in [5.41, 5.74) is -1.05. The molecule has 1 aromatic carbocycles. The highest BCUT2D eigenvalue weighted by Crippen LogP contribution is 2.31. The molecule has 0 aliphatic carbocycles. The van der Waals surface area contributed by atoms with Gasteiger partial charge in [-0.05, 0) is 24.6 Å². The molecule has 0 bridgehead atoms. The van der Waals surface area contributed by atoms with Gasteiger partial charge in [0, 0.05) is 12.3 Å². The number of sulfonamides is 1. The Labute approximate surface area is 156 Å². The summed E-state index contributed by atoms with van der Waals surface area (Å²) in [7, 11) is -4.10. The van der Waals surface area contributed by atoms with Gasteiger partial charge < -0.3 is 5.11 Å². The zero-order valence-electron chi connectivity index (χ0n) is 14.7. The van der Waals surface area contributed by atoms with Crippen molar-refractivity contribution < 1.29 is 23.1 Å². The minimum Gasteiger partial charge on any atom is -0.480 e. The predicted molar refractivity (Wildman–Crippen MR) is 100 cm³/mol. The van der Waals surface area contributed by atoms with Crippen molar-refractivity contribution in [1.29, 1.82) is 0 Å². The Balaban J connectivity index is 2.38. The molecule has 0 saturated heterocycles. The van der Waals surface area contributed by atoms with E-state index in [-0.39, 0.29) is 16.4 Å². The maximum absolute atomic E-state index is 12.7. The maximum Gasteiger partial charge on any atom is 0.325 e. The molecular weight excluding hydrogens is 374 g/mol. The second-order valence-electron chi connectivity index (χ2n) is 6.14. The van der Waals surface area contributed by atoms with Crippen molar-refractivity contribution in [3.05, 3.63) is 52.9 Å². The molecule has 2 N–H and O–H groups in total. The maximum atomic E-state index is 12.7. The lowest BCUT2D eigenvalue weighted by Gasteiger charge is -2.32. The molecule has 140 valence electrons. The van der Waals surface area contributed by atoms with Gasteiger partial charge in [-0.2, -0.15) is 4.72 Å². The number of hydrogen-bond acceptors (Lipinski definition) is 5. The number of carboxylic acids is 1. The minimum absolute atomic E-state index is 0.0814. The van der Waals surface area contributed by atoms with Crippen molar-refractivity contribution in [2.45, 2.75) is 42.9 Å². The van der Waals surface area contributed by atoms with Crippen LogP contribution < -0.4 is 4.72 Å². The second-order valence-corrected chi connectivity index (χ2v) is 9.13. The molecule has 0 aliphatic rings. The Kier molecular flexibility index (Phi) is 6.00. The van der Waals surface area contributed by atoms with E-state index in [0.717, 1.165) is 11.3 Å². The molecule has 8 heteroatoms. The zero-order chi connectivity index (χ0) is 19.5. The van der Waals surface area contributed by atoms with E-state index < -0.39 is 27.4 Å². The van der Waals surface area contributed by atoms with Gasteiger partial charge in [0.05, 0.1) is 4.88 Å². The van der Waals surface area contributed by atoms with Gasteiger partial charge in [0.1, 0.15) is 9.75 Å². The largest absolute Gasteiger partial charge is 0.480 e. The van der Waals surface area contributed by atoms with Gasteiger partial charge in [-0.1, -0.05) is 44.2 Å². The summed E-state index contributed by atoms with van der Waals surface area (Å²) in [5, 5.41) is 9.73. The monoisotopic (exact) mass is 395 g/mol. The molecule has 2 unspecified atom stereocenters. The van der Waals surface area contributed by atoms with Crippen LogP contribution in [0.4, 0.5) is 0 Å². The van der Waals surface area contributed by atoms with Crippen LogP contribution in [0.1, 0.15) is 48.3 Å². The minimum atomic E-state index is -4.10. The van der Waals surface area contributed by atoms with Gasteiger partial charge in [-0.3, -0.25) is 9.59 Å². The fraction of sp³-hybridized carbons (Fsp3) is 0.333. The Bertz CT molecular complexity index is 905. The summed E-state index contributed by atoms with van der Waals surface area (Å²) >= 11 is 0.840. The smallest absolute Gasteiger partial charge is 0.325 e. The van der Waals surface area contributed by atoms with Crippen LogP contribution in [0.15, 0.2) is 46.7 Å². The van der Waals surface area contributed by atoms with E-state index in [1.54, 1.807) is 44.2 Å². The molecule has 2 aromatic rings. The molecule has 26 heavy (non-hydrogen) atoms. The molecule has 6 nitrogen and oxygen atoms in total. The van der Waals surface area contributed by atoms with E-state index in [2.05, 4.69) is 4.72 Å². The van der Waals surface area contributed by atoms with Crippen LogP contribution in [0.5, 0.6) is 0 Å². The van der Waals surface area contributed by atoms with Crippen molar-refractivity contribution in [2.75, 3.05) is 0 Å². The summed E-state index contributed by atoms with van der Waals surface area (Å²) in [4.78, 5) is 24.0. The molecule has 0 spiro atoms. The number of carbonyl (C=O) groups excluding carboxylic acids is 1. The first-order valence-electron chi connectivity index (χ1n) is 8.07.